The smallest absolute Gasteiger partial charge is 0.151 e. The first kappa shape index (κ1) is 13.6. The quantitative estimate of drug-likeness (QED) is 0.927. The zero-order valence-electron chi connectivity index (χ0n) is 11.1. The molecule has 0 aliphatic rings. The molecule has 2 aromatic rings. The molecule has 0 saturated heterocycles. The summed E-state index contributed by atoms with van der Waals surface area (Å²) in [6, 6.07) is 3.71. The number of benzene rings is 1. The van der Waals surface area contributed by atoms with Gasteiger partial charge in [-0.2, -0.15) is 0 Å². The number of nitrogens with one attached hydrogen (secondary N) is 1. The van der Waals surface area contributed by atoms with E-state index in [1.807, 2.05) is 20.8 Å². The Kier molecular flexibility index (Phi) is 3.61. The van der Waals surface area contributed by atoms with Crippen LogP contribution in [0.25, 0.3) is 5.69 Å². The maximum absolute atomic E-state index is 13.7. The fourth-order valence-electron chi connectivity index (χ4n) is 1.61. The van der Waals surface area contributed by atoms with Gasteiger partial charge in [-0.3, -0.25) is 0 Å². The van der Waals surface area contributed by atoms with Crippen LogP contribution in [0.5, 0.6) is 0 Å². The second-order valence-electron chi connectivity index (χ2n) is 5.31. The van der Waals surface area contributed by atoms with Crippen molar-refractivity contribution < 1.29 is 8.78 Å². The minimum atomic E-state index is -0.664. The molecule has 19 heavy (non-hydrogen) atoms. The third kappa shape index (κ3) is 3.14. The molecule has 0 amide bonds. The van der Waals surface area contributed by atoms with E-state index < -0.39 is 11.6 Å². The Bertz CT molecular complexity index is 552. The summed E-state index contributed by atoms with van der Waals surface area (Å²) in [6.45, 7) is 6.44. The van der Waals surface area contributed by atoms with Crippen molar-refractivity contribution in [3.8, 4) is 5.69 Å². The highest BCUT2D eigenvalue weighted by molar-refractivity contribution is 5.35. The van der Waals surface area contributed by atoms with E-state index in [9.17, 15) is 8.78 Å². The number of nitrogens with zero attached hydrogens (tertiary/aromatic N) is 3. The molecule has 0 bridgehead atoms. The lowest BCUT2D eigenvalue weighted by Crippen LogP contribution is -2.35. The number of para-hydroxylation sites is 1. The molecule has 1 heterocycles. The Balaban J connectivity index is 2.34. The lowest BCUT2D eigenvalue weighted by molar-refractivity contribution is 0.417. The summed E-state index contributed by atoms with van der Waals surface area (Å²) < 4.78 is 28.6. The molecule has 1 aromatic heterocycles. The van der Waals surface area contributed by atoms with Crippen LogP contribution in [0, 0.1) is 11.6 Å². The monoisotopic (exact) mass is 266 g/mol. The van der Waals surface area contributed by atoms with E-state index in [4.69, 9.17) is 0 Å². The van der Waals surface area contributed by atoms with Crippen LogP contribution in [0.2, 0.25) is 0 Å². The summed E-state index contributed by atoms with van der Waals surface area (Å²) in [4.78, 5) is 0. The van der Waals surface area contributed by atoms with Crippen LogP contribution < -0.4 is 5.32 Å². The van der Waals surface area contributed by atoms with Crippen LogP contribution >= 0.6 is 0 Å². The highest BCUT2D eigenvalue weighted by Gasteiger charge is 2.17. The van der Waals surface area contributed by atoms with Crippen molar-refractivity contribution in [1.29, 1.82) is 0 Å². The molecular weight excluding hydrogens is 250 g/mol. The predicted octanol–water partition coefficient (Wildman–Crippen LogP) is 2.43. The van der Waals surface area contributed by atoms with Crippen molar-refractivity contribution in [3.05, 3.63) is 41.7 Å². The molecular formula is C13H16F2N4. The predicted molar refractivity (Wildman–Crippen MR) is 67.9 cm³/mol. The molecule has 0 spiro atoms. The number of halogens is 2. The van der Waals surface area contributed by atoms with Gasteiger partial charge in [-0.1, -0.05) is 11.3 Å². The minimum absolute atomic E-state index is 0.108. The first-order chi connectivity index (χ1) is 8.88. The van der Waals surface area contributed by atoms with Crippen LogP contribution in [0.4, 0.5) is 8.78 Å². The van der Waals surface area contributed by atoms with Crippen molar-refractivity contribution >= 4 is 0 Å². The molecule has 1 aromatic carbocycles. The molecule has 1 N–H and O–H groups in total. The average molecular weight is 266 g/mol. The van der Waals surface area contributed by atoms with E-state index in [2.05, 4.69) is 15.6 Å². The van der Waals surface area contributed by atoms with Crippen molar-refractivity contribution in [2.24, 2.45) is 0 Å². The average Bonchev–Trinajstić information content (AvgIpc) is 2.73. The van der Waals surface area contributed by atoms with Crippen LogP contribution in [-0.4, -0.2) is 20.5 Å². The van der Waals surface area contributed by atoms with E-state index in [-0.39, 0.29) is 11.2 Å². The molecule has 0 radical (unpaired) electrons. The van der Waals surface area contributed by atoms with Gasteiger partial charge in [0.25, 0.3) is 0 Å². The molecule has 0 saturated carbocycles. The Morgan fingerprint density at radius 1 is 1.21 bits per heavy atom. The zero-order chi connectivity index (χ0) is 14.0. The molecule has 0 aliphatic heterocycles. The number of aromatic nitrogens is 3. The summed E-state index contributed by atoms with van der Waals surface area (Å²) in [5.41, 5.74) is 0.285. The Morgan fingerprint density at radius 2 is 1.84 bits per heavy atom. The van der Waals surface area contributed by atoms with Gasteiger partial charge in [-0.05, 0) is 32.9 Å². The van der Waals surface area contributed by atoms with Gasteiger partial charge in [0.15, 0.2) is 11.6 Å². The van der Waals surface area contributed by atoms with Gasteiger partial charge >= 0.3 is 0 Å². The Morgan fingerprint density at radius 3 is 2.42 bits per heavy atom. The van der Waals surface area contributed by atoms with E-state index in [1.165, 1.54) is 29.1 Å². The molecule has 102 valence electrons. The molecule has 0 fully saturated rings. The summed E-state index contributed by atoms with van der Waals surface area (Å²) in [6.07, 6.45) is 1.49. The van der Waals surface area contributed by atoms with Crippen molar-refractivity contribution in [1.82, 2.24) is 20.3 Å². The standard InChI is InChI=1S/C13H16F2N4/c1-13(2,3)16-7-9-8-17-18-19(9)12-10(14)5-4-6-11(12)15/h4-6,8,16H,7H2,1-3H3. The van der Waals surface area contributed by atoms with Crippen LogP contribution in [0.15, 0.2) is 24.4 Å². The lowest BCUT2D eigenvalue weighted by Gasteiger charge is -2.20. The van der Waals surface area contributed by atoms with Gasteiger partial charge in [-0.15, -0.1) is 5.10 Å². The van der Waals surface area contributed by atoms with E-state index in [1.54, 1.807) is 0 Å². The topological polar surface area (TPSA) is 42.7 Å². The van der Waals surface area contributed by atoms with Gasteiger partial charge in [0, 0.05) is 12.1 Å². The lowest BCUT2D eigenvalue weighted by atomic mass is 10.1. The van der Waals surface area contributed by atoms with Gasteiger partial charge in [-0.25, -0.2) is 13.5 Å². The number of hydrogen-bond acceptors (Lipinski definition) is 3. The molecule has 6 heteroatoms. The van der Waals surface area contributed by atoms with Crippen LogP contribution in [-0.2, 0) is 6.54 Å². The largest absolute Gasteiger partial charge is 0.306 e. The van der Waals surface area contributed by atoms with Crippen molar-refractivity contribution in [3.63, 3.8) is 0 Å². The first-order valence-electron chi connectivity index (χ1n) is 5.97. The second kappa shape index (κ2) is 5.05. The third-order valence-electron chi connectivity index (χ3n) is 2.57. The van der Waals surface area contributed by atoms with Gasteiger partial charge in [0.1, 0.15) is 5.69 Å². The van der Waals surface area contributed by atoms with Crippen LogP contribution in [0.3, 0.4) is 0 Å². The fraction of sp³-hybridized carbons (Fsp3) is 0.385. The fourth-order valence-corrected chi connectivity index (χ4v) is 1.61. The molecule has 4 nitrogen and oxygen atoms in total. The van der Waals surface area contributed by atoms with Gasteiger partial charge in [0.2, 0.25) is 0 Å². The Labute approximate surface area is 110 Å². The van der Waals surface area contributed by atoms with Gasteiger partial charge in [0.05, 0.1) is 11.9 Å². The van der Waals surface area contributed by atoms with E-state index in [0.717, 1.165) is 0 Å². The maximum Gasteiger partial charge on any atom is 0.151 e. The highest BCUT2D eigenvalue weighted by Crippen LogP contribution is 2.18. The van der Waals surface area contributed by atoms with E-state index >= 15 is 0 Å². The van der Waals surface area contributed by atoms with Crippen molar-refractivity contribution in [2.45, 2.75) is 32.9 Å². The minimum Gasteiger partial charge on any atom is -0.306 e. The second-order valence-corrected chi connectivity index (χ2v) is 5.31. The summed E-state index contributed by atoms with van der Waals surface area (Å²) in [5, 5.41) is 10.7. The third-order valence-corrected chi connectivity index (χ3v) is 2.57. The molecule has 0 unspecified atom stereocenters. The van der Waals surface area contributed by atoms with Crippen LogP contribution in [0.1, 0.15) is 26.5 Å². The molecule has 0 aliphatic carbocycles. The maximum atomic E-state index is 13.7. The summed E-state index contributed by atoms with van der Waals surface area (Å²) in [7, 11) is 0. The summed E-state index contributed by atoms with van der Waals surface area (Å²) >= 11 is 0. The van der Waals surface area contributed by atoms with Gasteiger partial charge < -0.3 is 5.32 Å². The molecule has 2 rings (SSSR count). The summed E-state index contributed by atoms with van der Waals surface area (Å²) in [5.74, 6) is -1.33. The number of hydrogen-bond donors (Lipinski definition) is 1. The number of rotatable bonds is 3. The highest BCUT2D eigenvalue weighted by atomic mass is 19.1. The van der Waals surface area contributed by atoms with Crippen molar-refractivity contribution in [2.75, 3.05) is 0 Å². The first-order valence-corrected chi connectivity index (χ1v) is 5.97. The Hall–Kier alpha value is -1.82. The van der Waals surface area contributed by atoms with E-state index in [0.29, 0.717) is 12.2 Å². The molecule has 0 atom stereocenters. The SMILES string of the molecule is CC(C)(C)NCc1cnnn1-c1c(F)cccc1F. The zero-order valence-corrected chi connectivity index (χ0v) is 11.1. The normalized spacial score (nSPS) is 11.8.